The molecule has 3 aromatic rings. The molecule has 2 heterocycles. The number of aromatic nitrogens is 3. The molecule has 2 unspecified atom stereocenters. The number of hydrogen-bond donors (Lipinski definition) is 0. The van der Waals surface area contributed by atoms with E-state index in [4.69, 9.17) is 13.7 Å². The molecule has 1 aliphatic rings. The summed E-state index contributed by atoms with van der Waals surface area (Å²) in [5, 5.41) is 4.13. The Labute approximate surface area is 169 Å². The minimum absolute atomic E-state index is 0.110. The molecule has 0 aliphatic carbocycles. The highest BCUT2D eigenvalue weighted by atomic mass is 32.2. The fraction of sp³-hybridized carbons (Fsp3) is 0.300. The van der Waals surface area contributed by atoms with Crippen LogP contribution in [0.3, 0.4) is 0 Å². The van der Waals surface area contributed by atoms with Gasteiger partial charge in [-0.2, -0.15) is 13.5 Å². The average Bonchev–Trinajstić information content (AvgIpc) is 3.39. The van der Waals surface area contributed by atoms with Crippen molar-refractivity contribution in [2.45, 2.75) is 30.3 Å². The molecular formula is C20H21N3O5S. The lowest BCUT2D eigenvalue weighted by molar-refractivity contribution is -0.190. The van der Waals surface area contributed by atoms with E-state index in [9.17, 15) is 8.42 Å². The summed E-state index contributed by atoms with van der Waals surface area (Å²) >= 11 is 0. The molecule has 0 saturated carbocycles. The van der Waals surface area contributed by atoms with Gasteiger partial charge in [-0.05, 0) is 19.1 Å². The number of hydrogen-bond acceptors (Lipinski definition) is 7. The van der Waals surface area contributed by atoms with Gasteiger partial charge >= 0.3 is 0 Å². The van der Waals surface area contributed by atoms with Gasteiger partial charge in [0.1, 0.15) is 25.3 Å². The lowest BCUT2D eigenvalue weighted by Gasteiger charge is -2.28. The Kier molecular flexibility index (Phi) is 5.46. The zero-order chi connectivity index (χ0) is 20.3. The van der Waals surface area contributed by atoms with Crippen molar-refractivity contribution in [1.29, 1.82) is 0 Å². The van der Waals surface area contributed by atoms with E-state index in [1.54, 1.807) is 23.1 Å². The van der Waals surface area contributed by atoms with E-state index in [-0.39, 0.29) is 24.7 Å². The van der Waals surface area contributed by atoms with E-state index in [0.29, 0.717) is 0 Å². The lowest BCUT2D eigenvalue weighted by Crippen LogP contribution is -2.34. The van der Waals surface area contributed by atoms with Gasteiger partial charge in [0.2, 0.25) is 5.79 Å². The molecule has 9 heteroatoms. The molecule has 0 N–H and O–H groups in total. The Hall–Kier alpha value is -2.59. The highest BCUT2D eigenvalue weighted by molar-refractivity contribution is 7.86. The molecule has 4 rings (SSSR count). The van der Waals surface area contributed by atoms with Gasteiger partial charge in [-0.15, -0.1) is 0 Å². The molecule has 29 heavy (non-hydrogen) atoms. The van der Waals surface area contributed by atoms with Crippen LogP contribution in [0.25, 0.3) is 0 Å². The molecule has 0 radical (unpaired) electrons. The molecule has 0 amide bonds. The quantitative estimate of drug-likeness (QED) is 0.547. The highest BCUT2D eigenvalue weighted by Crippen LogP contribution is 2.36. The number of rotatable bonds is 7. The van der Waals surface area contributed by atoms with Crippen molar-refractivity contribution in [3.63, 3.8) is 0 Å². The van der Waals surface area contributed by atoms with Gasteiger partial charge in [-0.3, -0.25) is 4.18 Å². The Morgan fingerprint density at radius 1 is 1.17 bits per heavy atom. The van der Waals surface area contributed by atoms with Crippen LogP contribution < -0.4 is 0 Å². The Balaban J connectivity index is 1.48. The largest absolute Gasteiger partial charge is 0.342 e. The number of benzene rings is 2. The van der Waals surface area contributed by atoms with Gasteiger partial charge in [0.15, 0.2) is 0 Å². The van der Waals surface area contributed by atoms with Crippen molar-refractivity contribution < 1.29 is 22.1 Å². The summed E-state index contributed by atoms with van der Waals surface area (Å²) in [6.45, 7) is 2.20. The van der Waals surface area contributed by atoms with Crippen molar-refractivity contribution in [3.05, 3.63) is 78.4 Å². The van der Waals surface area contributed by atoms with Crippen LogP contribution in [0.4, 0.5) is 0 Å². The summed E-state index contributed by atoms with van der Waals surface area (Å²) in [6.07, 6.45) is 2.45. The SMILES string of the molecule is Cc1ccc(S(=O)(=O)OCC2COC(Cn3cncn3)(c3ccccc3)O2)cc1. The van der Waals surface area contributed by atoms with Crippen molar-refractivity contribution in [2.24, 2.45) is 0 Å². The lowest BCUT2D eigenvalue weighted by atomic mass is 10.1. The monoisotopic (exact) mass is 415 g/mol. The summed E-state index contributed by atoms with van der Waals surface area (Å²) < 4.78 is 43.9. The van der Waals surface area contributed by atoms with Crippen molar-refractivity contribution in [1.82, 2.24) is 14.8 Å². The Bertz CT molecular complexity index is 1040. The molecule has 1 saturated heterocycles. The fourth-order valence-electron chi connectivity index (χ4n) is 3.13. The molecule has 0 bridgehead atoms. The Morgan fingerprint density at radius 3 is 2.62 bits per heavy atom. The van der Waals surface area contributed by atoms with Crippen molar-refractivity contribution in [3.8, 4) is 0 Å². The molecule has 2 atom stereocenters. The molecule has 1 aromatic heterocycles. The maximum atomic E-state index is 12.4. The van der Waals surface area contributed by atoms with Crippen LogP contribution in [0.2, 0.25) is 0 Å². The molecule has 1 aliphatic heterocycles. The fourth-order valence-corrected chi connectivity index (χ4v) is 4.07. The van der Waals surface area contributed by atoms with Crippen LogP contribution in [0.1, 0.15) is 11.1 Å². The zero-order valence-electron chi connectivity index (χ0n) is 15.8. The summed E-state index contributed by atoms with van der Waals surface area (Å²) in [4.78, 5) is 4.06. The van der Waals surface area contributed by atoms with E-state index in [1.165, 1.54) is 18.5 Å². The van der Waals surface area contributed by atoms with E-state index < -0.39 is 22.0 Å². The molecule has 1 fully saturated rings. The molecular weight excluding hydrogens is 394 g/mol. The second kappa shape index (κ2) is 8.03. The topological polar surface area (TPSA) is 92.5 Å². The van der Waals surface area contributed by atoms with Gasteiger partial charge < -0.3 is 9.47 Å². The molecule has 0 spiro atoms. The van der Waals surface area contributed by atoms with Gasteiger partial charge in [0.05, 0.1) is 18.1 Å². The van der Waals surface area contributed by atoms with E-state index in [1.807, 2.05) is 37.3 Å². The van der Waals surface area contributed by atoms with Crippen LogP contribution in [0.15, 0.2) is 72.1 Å². The van der Waals surface area contributed by atoms with E-state index in [2.05, 4.69) is 10.1 Å². The van der Waals surface area contributed by atoms with Gasteiger partial charge in [-0.25, -0.2) is 9.67 Å². The maximum Gasteiger partial charge on any atom is 0.297 e. The van der Waals surface area contributed by atoms with E-state index >= 15 is 0 Å². The van der Waals surface area contributed by atoms with E-state index in [0.717, 1.165) is 11.1 Å². The number of nitrogens with zero attached hydrogens (tertiary/aromatic N) is 3. The van der Waals surface area contributed by atoms with Gasteiger partial charge in [0.25, 0.3) is 10.1 Å². The smallest absolute Gasteiger partial charge is 0.297 e. The van der Waals surface area contributed by atoms with Crippen molar-refractivity contribution >= 4 is 10.1 Å². The van der Waals surface area contributed by atoms with Crippen LogP contribution in [-0.2, 0) is 36.1 Å². The minimum Gasteiger partial charge on any atom is -0.342 e. The predicted octanol–water partition coefficient (Wildman–Crippen LogP) is 2.26. The predicted molar refractivity (Wildman–Crippen MR) is 103 cm³/mol. The summed E-state index contributed by atoms with van der Waals surface area (Å²) in [6, 6.07) is 16.0. The van der Waals surface area contributed by atoms with Gasteiger partial charge in [0, 0.05) is 5.56 Å². The summed E-state index contributed by atoms with van der Waals surface area (Å²) in [7, 11) is -3.88. The molecule has 152 valence electrons. The first kappa shape index (κ1) is 19.7. The van der Waals surface area contributed by atoms with Crippen LogP contribution in [-0.4, -0.2) is 42.5 Å². The first-order valence-corrected chi connectivity index (χ1v) is 10.5. The normalized spacial score (nSPS) is 22.0. The van der Waals surface area contributed by atoms with Gasteiger partial charge in [-0.1, -0.05) is 48.0 Å². The first-order chi connectivity index (χ1) is 14.0. The third-order valence-corrected chi connectivity index (χ3v) is 5.92. The second-order valence-electron chi connectivity index (χ2n) is 6.81. The standard InChI is InChI=1S/C20H21N3O5S/c1-16-7-9-19(10-8-16)29(24,25)27-12-18-11-26-20(28-18,13-23-15-21-14-22-23)17-5-3-2-4-6-17/h2-10,14-15,18H,11-13H2,1H3. The maximum absolute atomic E-state index is 12.4. The number of aryl methyl sites for hydroxylation is 1. The van der Waals surface area contributed by atoms with Crippen LogP contribution in [0, 0.1) is 6.92 Å². The zero-order valence-corrected chi connectivity index (χ0v) is 16.7. The first-order valence-electron chi connectivity index (χ1n) is 9.13. The van der Waals surface area contributed by atoms with Crippen LogP contribution >= 0.6 is 0 Å². The molecule has 2 aromatic carbocycles. The Morgan fingerprint density at radius 2 is 1.93 bits per heavy atom. The van der Waals surface area contributed by atoms with Crippen molar-refractivity contribution in [2.75, 3.05) is 13.2 Å². The number of ether oxygens (including phenoxy) is 2. The van der Waals surface area contributed by atoms with Crippen LogP contribution in [0.5, 0.6) is 0 Å². The third kappa shape index (κ3) is 4.38. The average molecular weight is 415 g/mol. The summed E-state index contributed by atoms with van der Waals surface area (Å²) in [5.74, 6) is -1.10. The second-order valence-corrected chi connectivity index (χ2v) is 8.43. The molecule has 8 nitrogen and oxygen atoms in total. The highest BCUT2D eigenvalue weighted by Gasteiger charge is 2.44. The third-order valence-electron chi connectivity index (χ3n) is 4.63. The summed E-state index contributed by atoms with van der Waals surface area (Å²) in [5.41, 5.74) is 1.77. The minimum atomic E-state index is -3.88.